The first-order valence-corrected chi connectivity index (χ1v) is 15.5. The van der Waals surface area contributed by atoms with E-state index >= 15 is 0 Å². The van der Waals surface area contributed by atoms with E-state index in [1.165, 1.54) is 57.8 Å². The van der Waals surface area contributed by atoms with E-state index in [-0.39, 0.29) is 11.9 Å². The lowest BCUT2D eigenvalue weighted by molar-refractivity contribution is -0.145. The first kappa shape index (κ1) is 34.9. The monoisotopic (exact) mass is 510 g/mol. The minimum absolute atomic E-state index is 0.0126. The van der Waals surface area contributed by atoms with Crippen LogP contribution in [0.15, 0.2) is 0 Å². The van der Waals surface area contributed by atoms with E-state index in [0.717, 1.165) is 44.9 Å². The number of rotatable bonds is 25. The van der Waals surface area contributed by atoms with E-state index in [4.69, 9.17) is 9.47 Å². The summed E-state index contributed by atoms with van der Waals surface area (Å²) >= 11 is 0. The quantitative estimate of drug-likeness (QED) is 0.0906. The summed E-state index contributed by atoms with van der Waals surface area (Å²) in [5.74, 6) is 2.58. The van der Waals surface area contributed by atoms with Crippen LogP contribution in [0.3, 0.4) is 0 Å². The van der Waals surface area contributed by atoms with Crippen LogP contribution in [0.25, 0.3) is 0 Å². The molecule has 4 nitrogen and oxygen atoms in total. The van der Waals surface area contributed by atoms with E-state index < -0.39 is 0 Å². The maximum absolute atomic E-state index is 12.0. The van der Waals surface area contributed by atoms with Gasteiger partial charge >= 0.3 is 11.9 Å². The van der Waals surface area contributed by atoms with Crippen molar-refractivity contribution < 1.29 is 19.1 Å². The van der Waals surface area contributed by atoms with Crippen LogP contribution in [0.2, 0.25) is 0 Å². The van der Waals surface area contributed by atoms with Crippen molar-refractivity contribution in [1.82, 2.24) is 0 Å². The number of carbonyl (C=O) groups is 2. The highest BCUT2D eigenvalue weighted by molar-refractivity contribution is 5.69. The summed E-state index contributed by atoms with van der Waals surface area (Å²) in [5, 5.41) is 0. The van der Waals surface area contributed by atoms with Crippen LogP contribution >= 0.6 is 0 Å². The molecule has 1 atom stereocenters. The lowest BCUT2D eigenvalue weighted by Gasteiger charge is -2.20. The zero-order valence-corrected chi connectivity index (χ0v) is 25.1. The highest BCUT2D eigenvalue weighted by Crippen LogP contribution is 2.24. The second kappa shape index (κ2) is 24.3. The zero-order chi connectivity index (χ0) is 27.0. The van der Waals surface area contributed by atoms with E-state index in [0.29, 0.717) is 49.7 Å². The van der Waals surface area contributed by atoms with E-state index in [1.807, 2.05) is 0 Å². The summed E-state index contributed by atoms with van der Waals surface area (Å²) in [5.41, 5.74) is 0. The van der Waals surface area contributed by atoms with Gasteiger partial charge in [0.25, 0.3) is 0 Å². The largest absolute Gasteiger partial charge is 0.466 e. The van der Waals surface area contributed by atoms with Gasteiger partial charge < -0.3 is 9.47 Å². The van der Waals surface area contributed by atoms with Gasteiger partial charge in [0.05, 0.1) is 13.2 Å². The minimum atomic E-state index is -0.0181. The van der Waals surface area contributed by atoms with Crippen molar-refractivity contribution in [2.75, 3.05) is 13.2 Å². The van der Waals surface area contributed by atoms with Crippen molar-refractivity contribution in [1.29, 1.82) is 0 Å². The molecule has 0 bridgehead atoms. The molecule has 0 aromatic heterocycles. The maximum Gasteiger partial charge on any atom is 0.305 e. The Balaban J connectivity index is 3.56. The Morgan fingerprint density at radius 2 is 0.889 bits per heavy atom. The van der Waals surface area contributed by atoms with Gasteiger partial charge in [-0.05, 0) is 62.2 Å². The third kappa shape index (κ3) is 24.6. The van der Waals surface area contributed by atoms with Crippen molar-refractivity contribution in [2.24, 2.45) is 23.7 Å². The van der Waals surface area contributed by atoms with Crippen LogP contribution in [-0.4, -0.2) is 25.2 Å². The number of hydrogen-bond donors (Lipinski definition) is 0. The SMILES string of the molecule is CC(C)CCCOC(=O)CCCCCCCCCCCCC(CCC(=O)OCCCC(C)C)C(C)C. The molecule has 0 aromatic carbocycles. The highest BCUT2D eigenvalue weighted by atomic mass is 16.5. The third-order valence-electron chi connectivity index (χ3n) is 7.25. The molecule has 214 valence electrons. The molecule has 0 rings (SSSR count). The molecule has 1 unspecified atom stereocenters. The average Bonchev–Trinajstić information content (AvgIpc) is 2.81. The van der Waals surface area contributed by atoms with Crippen LogP contribution in [0.1, 0.15) is 157 Å². The molecule has 0 fully saturated rings. The summed E-state index contributed by atoms with van der Waals surface area (Å²) in [7, 11) is 0. The van der Waals surface area contributed by atoms with Crippen molar-refractivity contribution in [3.05, 3.63) is 0 Å². The fourth-order valence-corrected chi connectivity index (χ4v) is 4.70. The molecule has 0 amide bonds. The Bertz CT molecular complexity index is 512. The van der Waals surface area contributed by atoms with Crippen LogP contribution in [-0.2, 0) is 19.1 Å². The number of unbranched alkanes of at least 4 members (excludes halogenated alkanes) is 9. The van der Waals surface area contributed by atoms with Gasteiger partial charge in [0.2, 0.25) is 0 Å². The summed E-state index contributed by atoms with van der Waals surface area (Å²) in [6.07, 6.45) is 20.1. The predicted octanol–water partition coefficient (Wildman–Crippen LogP) is 9.68. The fraction of sp³-hybridized carbons (Fsp3) is 0.938. The molecule has 0 aliphatic rings. The van der Waals surface area contributed by atoms with Gasteiger partial charge in [0.15, 0.2) is 0 Å². The standard InChI is InChI=1S/C32H62O4/c1-27(2)19-17-25-35-31(33)22-16-14-12-10-8-7-9-11-13-15-21-30(29(5)6)23-24-32(34)36-26-18-20-28(3)4/h27-30H,7-26H2,1-6H3. The summed E-state index contributed by atoms with van der Waals surface area (Å²) in [6, 6.07) is 0. The van der Waals surface area contributed by atoms with Crippen molar-refractivity contribution in [2.45, 2.75) is 157 Å². The smallest absolute Gasteiger partial charge is 0.305 e. The van der Waals surface area contributed by atoms with Crippen LogP contribution in [0.5, 0.6) is 0 Å². The molecule has 0 spiro atoms. The van der Waals surface area contributed by atoms with Gasteiger partial charge in [-0.25, -0.2) is 0 Å². The lowest BCUT2D eigenvalue weighted by Crippen LogP contribution is -2.13. The molecule has 0 saturated carbocycles. The molecule has 0 aromatic rings. The number of hydrogen-bond acceptors (Lipinski definition) is 4. The molecular weight excluding hydrogens is 448 g/mol. The molecule has 0 aliphatic carbocycles. The molecule has 0 heterocycles. The molecule has 0 saturated heterocycles. The second-order valence-corrected chi connectivity index (χ2v) is 12.1. The molecule has 36 heavy (non-hydrogen) atoms. The van der Waals surface area contributed by atoms with Crippen LogP contribution in [0, 0.1) is 23.7 Å². The highest BCUT2D eigenvalue weighted by Gasteiger charge is 2.15. The van der Waals surface area contributed by atoms with Crippen LogP contribution in [0.4, 0.5) is 0 Å². The average molecular weight is 511 g/mol. The maximum atomic E-state index is 12.0. The van der Waals surface area contributed by atoms with Gasteiger partial charge in [0.1, 0.15) is 0 Å². The Morgan fingerprint density at radius 3 is 1.33 bits per heavy atom. The van der Waals surface area contributed by atoms with Crippen LogP contribution < -0.4 is 0 Å². The Morgan fingerprint density at radius 1 is 0.472 bits per heavy atom. The minimum Gasteiger partial charge on any atom is -0.466 e. The summed E-state index contributed by atoms with van der Waals surface area (Å²) in [6.45, 7) is 14.5. The normalized spacial score (nSPS) is 12.5. The first-order valence-electron chi connectivity index (χ1n) is 15.5. The predicted molar refractivity (Wildman–Crippen MR) is 153 cm³/mol. The molecule has 0 radical (unpaired) electrons. The topological polar surface area (TPSA) is 52.6 Å². The van der Waals surface area contributed by atoms with Gasteiger partial charge in [0, 0.05) is 12.8 Å². The molecule has 0 aliphatic heterocycles. The van der Waals surface area contributed by atoms with Crippen molar-refractivity contribution in [3.8, 4) is 0 Å². The van der Waals surface area contributed by atoms with Crippen molar-refractivity contribution in [3.63, 3.8) is 0 Å². The molecule has 4 heteroatoms. The first-order chi connectivity index (χ1) is 17.2. The summed E-state index contributed by atoms with van der Waals surface area (Å²) < 4.78 is 10.7. The number of carbonyl (C=O) groups excluding carboxylic acids is 2. The Labute approximate surface area is 225 Å². The van der Waals surface area contributed by atoms with Gasteiger partial charge in [-0.2, -0.15) is 0 Å². The third-order valence-corrected chi connectivity index (χ3v) is 7.25. The van der Waals surface area contributed by atoms with Gasteiger partial charge in [-0.3, -0.25) is 9.59 Å². The number of ether oxygens (including phenoxy) is 2. The lowest BCUT2D eigenvalue weighted by atomic mass is 9.86. The molecule has 0 N–H and O–H groups in total. The van der Waals surface area contributed by atoms with Gasteiger partial charge in [-0.1, -0.05) is 106 Å². The second-order valence-electron chi connectivity index (χ2n) is 12.1. The summed E-state index contributed by atoms with van der Waals surface area (Å²) in [4.78, 5) is 23.7. The number of esters is 2. The van der Waals surface area contributed by atoms with E-state index in [1.54, 1.807) is 0 Å². The van der Waals surface area contributed by atoms with E-state index in [2.05, 4.69) is 41.5 Å². The molecular formula is C32H62O4. The van der Waals surface area contributed by atoms with E-state index in [9.17, 15) is 9.59 Å². The fourth-order valence-electron chi connectivity index (χ4n) is 4.70. The zero-order valence-electron chi connectivity index (χ0n) is 25.1. The Hall–Kier alpha value is -1.06. The Kier molecular flexibility index (Phi) is 23.6. The van der Waals surface area contributed by atoms with Crippen molar-refractivity contribution >= 4 is 11.9 Å². The van der Waals surface area contributed by atoms with Gasteiger partial charge in [-0.15, -0.1) is 0 Å².